The van der Waals surface area contributed by atoms with E-state index in [9.17, 15) is 9.59 Å². The SMILES string of the molecule is CCOCC(=O)N1CC2(CN(Cc3ccccc3)CC2C(=O)NCC(C)C)C1. The van der Waals surface area contributed by atoms with Gasteiger partial charge in [0.1, 0.15) is 6.61 Å². The summed E-state index contributed by atoms with van der Waals surface area (Å²) in [6.45, 7) is 11.2. The lowest BCUT2D eigenvalue weighted by Gasteiger charge is -2.50. The molecule has 2 heterocycles. The van der Waals surface area contributed by atoms with Crippen LogP contribution in [0, 0.1) is 17.3 Å². The molecule has 1 aromatic rings. The second-order valence-electron chi connectivity index (χ2n) is 8.60. The van der Waals surface area contributed by atoms with Gasteiger partial charge in [0.05, 0.1) is 5.92 Å². The molecule has 1 spiro atoms. The van der Waals surface area contributed by atoms with Gasteiger partial charge in [0.25, 0.3) is 0 Å². The Morgan fingerprint density at radius 2 is 1.93 bits per heavy atom. The number of rotatable bonds is 8. The molecule has 1 unspecified atom stereocenters. The van der Waals surface area contributed by atoms with E-state index in [1.807, 2.05) is 30.0 Å². The lowest BCUT2D eigenvalue weighted by Crippen LogP contribution is -2.64. The Morgan fingerprint density at radius 1 is 1.21 bits per heavy atom. The average molecular weight is 388 g/mol. The van der Waals surface area contributed by atoms with Crippen molar-refractivity contribution in [1.82, 2.24) is 15.1 Å². The summed E-state index contributed by atoms with van der Waals surface area (Å²) >= 11 is 0. The highest BCUT2D eigenvalue weighted by molar-refractivity contribution is 5.82. The molecule has 1 N–H and O–H groups in total. The zero-order valence-corrected chi connectivity index (χ0v) is 17.3. The van der Waals surface area contributed by atoms with E-state index in [1.54, 1.807) is 0 Å². The molecule has 2 saturated heterocycles. The summed E-state index contributed by atoms with van der Waals surface area (Å²) in [7, 11) is 0. The molecule has 28 heavy (non-hydrogen) atoms. The highest BCUT2D eigenvalue weighted by Gasteiger charge is 2.57. The minimum Gasteiger partial charge on any atom is -0.372 e. The van der Waals surface area contributed by atoms with Crippen LogP contribution in [-0.2, 0) is 20.9 Å². The molecule has 0 saturated carbocycles. The number of benzene rings is 1. The molecular weight excluding hydrogens is 354 g/mol. The normalized spacial score (nSPS) is 21.1. The van der Waals surface area contributed by atoms with E-state index in [4.69, 9.17) is 4.74 Å². The minimum absolute atomic E-state index is 0.0234. The molecule has 1 atom stereocenters. The van der Waals surface area contributed by atoms with Crippen LogP contribution in [0.3, 0.4) is 0 Å². The first-order chi connectivity index (χ1) is 13.4. The highest BCUT2D eigenvalue weighted by Crippen LogP contribution is 2.44. The first-order valence-electron chi connectivity index (χ1n) is 10.3. The second kappa shape index (κ2) is 9.05. The highest BCUT2D eigenvalue weighted by atomic mass is 16.5. The predicted molar refractivity (Wildman–Crippen MR) is 109 cm³/mol. The monoisotopic (exact) mass is 387 g/mol. The minimum atomic E-state index is -0.141. The zero-order chi connectivity index (χ0) is 20.1. The molecule has 0 radical (unpaired) electrons. The lowest BCUT2D eigenvalue weighted by atomic mass is 9.71. The molecule has 2 aliphatic heterocycles. The molecule has 154 valence electrons. The molecular formula is C22H33N3O3. The van der Waals surface area contributed by atoms with Crippen molar-refractivity contribution in [3.63, 3.8) is 0 Å². The van der Waals surface area contributed by atoms with E-state index in [-0.39, 0.29) is 29.8 Å². The maximum absolute atomic E-state index is 12.9. The fraction of sp³-hybridized carbons (Fsp3) is 0.636. The fourth-order valence-corrected chi connectivity index (χ4v) is 4.31. The van der Waals surface area contributed by atoms with Crippen molar-refractivity contribution < 1.29 is 14.3 Å². The molecule has 0 aromatic heterocycles. The number of nitrogens with one attached hydrogen (secondary N) is 1. The van der Waals surface area contributed by atoms with Crippen molar-refractivity contribution in [3.8, 4) is 0 Å². The smallest absolute Gasteiger partial charge is 0.248 e. The predicted octanol–water partition coefficient (Wildman–Crippen LogP) is 1.76. The van der Waals surface area contributed by atoms with E-state index in [1.165, 1.54) is 5.56 Å². The summed E-state index contributed by atoms with van der Waals surface area (Å²) < 4.78 is 5.26. The largest absolute Gasteiger partial charge is 0.372 e. The Morgan fingerprint density at radius 3 is 2.57 bits per heavy atom. The molecule has 2 amide bonds. The number of amides is 2. The molecule has 0 aliphatic carbocycles. The molecule has 3 rings (SSSR count). The number of hydrogen-bond donors (Lipinski definition) is 1. The Balaban J connectivity index is 1.66. The molecule has 6 heteroatoms. The van der Waals surface area contributed by atoms with Crippen LogP contribution in [0.1, 0.15) is 26.3 Å². The number of ether oxygens (including phenoxy) is 1. The van der Waals surface area contributed by atoms with Crippen LogP contribution in [-0.4, -0.2) is 67.6 Å². The van der Waals surface area contributed by atoms with Crippen LogP contribution in [0.4, 0.5) is 0 Å². The van der Waals surface area contributed by atoms with Crippen molar-refractivity contribution in [3.05, 3.63) is 35.9 Å². The molecule has 6 nitrogen and oxygen atoms in total. The summed E-state index contributed by atoms with van der Waals surface area (Å²) in [5.74, 6) is 0.495. The Hall–Kier alpha value is -1.92. The van der Waals surface area contributed by atoms with Gasteiger partial charge in [-0.1, -0.05) is 44.2 Å². The van der Waals surface area contributed by atoms with E-state index >= 15 is 0 Å². The van der Waals surface area contributed by atoms with Gasteiger partial charge in [-0.15, -0.1) is 0 Å². The number of likely N-dealkylation sites (tertiary alicyclic amines) is 2. The third kappa shape index (κ3) is 4.73. The van der Waals surface area contributed by atoms with Crippen molar-refractivity contribution in [2.24, 2.45) is 17.3 Å². The molecule has 1 aromatic carbocycles. The third-order valence-corrected chi connectivity index (χ3v) is 5.76. The third-order valence-electron chi connectivity index (χ3n) is 5.76. The van der Waals surface area contributed by atoms with Crippen LogP contribution < -0.4 is 5.32 Å². The van der Waals surface area contributed by atoms with Crippen molar-refractivity contribution in [2.45, 2.75) is 27.3 Å². The van der Waals surface area contributed by atoms with Crippen LogP contribution in [0.5, 0.6) is 0 Å². The maximum Gasteiger partial charge on any atom is 0.248 e. The average Bonchev–Trinajstić information content (AvgIpc) is 3.03. The van der Waals surface area contributed by atoms with Crippen LogP contribution in [0.2, 0.25) is 0 Å². The van der Waals surface area contributed by atoms with E-state index in [0.717, 1.165) is 19.6 Å². The Bertz CT molecular complexity index is 671. The van der Waals surface area contributed by atoms with E-state index in [2.05, 4.69) is 36.2 Å². The first-order valence-corrected chi connectivity index (χ1v) is 10.3. The Kier molecular flexibility index (Phi) is 6.73. The van der Waals surface area contributed by atoms with Gasteiger partial charge in [-0.25, -0.2) is 0 Å². The lowest BCUT2D eigenvalue weighted by molar-refractivity contribution is -0.153. The van der Waals surface area contributed by atoms with Gasteiger partial charge in [-0.3, -0.25) is 14.5 Å². The topological polar surface area (TPSA) is 61.9 Å². The molecule has 0 bridgehead atoms. The van der Waals surface area contributed by atoms with Crippen molar-refractivity contribution in [2.75, 3.05) is 45.9 Å². The Labute approximate surface area is 168 Å². The first kappa shape index (κ1) is 20.8. The summed E-state index contributed by atoms with van der Waals surface area (Å²) in [6, 6.07) is 10.4. The van der Waals surface area contributed by atoms with E-state index < -0.39 is 0 Å². The summed E-state index contributed by atoms with van der Waals surface area (Å²) in [5, 5.41) is 3.12. The van der Waals surface area contributed by atoms with Gasteiger partial charge in [0.2, 0.25) is 11.8 Å². The standard InChI is InChI=1S/C22H33N3O3/c1-4-28-13-20(26)25-15-22(16-25)14-24(11-18-8-6-5-7-9-18)12-19(22)21(27)23-10-17(2)3/h5-9,17,19H,4,10-16H2,1-3H3,(H,23,27). The quantitative estimate of drug-likeness (QED) is 0.738. The summed E-state index contributed by atoms with van der Waals surface area (Å²) in [4.78, 5) is 29.4. The molecule has 2 aliphatic rings. The number of hydrogen-bond acceptors (Lipinski definition) is 4. The number of nitrogens with zero attached hydrogens (tertiary/aromatic N) is 2. The fourth-order valence-electron chi connectivity index (χ4n) is 4.31. The van der Waals surface area contributed by atoms with Gasteiger partial charge in [-0.05, 0) is 18.4 Å². The van der Waals surface area contributed by atoms with E-state index in [0.29, 0.717) is 32.2 Å². The van der Waals surface area contributed by atoms with Gasteiger partial charge < -0.3 is 15.0 Å². The summed E-state index contributed by atoms with van der Waals surface area (Å²) in [5.41, 5.74) is 1.11. The van der Waals surface area contributed by atoms with Gasteiger partial charge in [0, 0.05) is 51.3 Å². The number of carbonyl (C=O) groups excluding carboxylic acids is 2. The van der Waals surface area contributed by atoms with Crippen LogP contribution >= 0.6 is 0 Å². The van der Waals surface area contributed by atoms with Gasteiger partial charge >= 0.3 is 0 Å². The maximum atomic E-state index is 12.9. The summed E-state index contributed by atoms with van der Waals surface area (Å²) in [6.07, 6.45) is 0. The zero-order valence-electron chi connectivity index (χ0n) is 17.3. The van der Waals surface area contributed by atoms with Crippen LogP contribution in [0.15, 0.2) is 30.3 Å². The van der Waals surface area contributed by atoms with Crippen LogP contribution in [0.25, 0.3) is 0 Å². The van der Waals surface area contributed by atoms with Crippen molar-refractivity contribution in [1.29, 1.82) is 0 Å². The van der Waals surface area contributed by atoms with Gasteiger partial charge in [-0.2, -0.15) is 0 Å². The van der Waals surface area contributed by atoms with Gasteiger partial charge in [0.15, 0.2) is 0 Å². The second-order valence-corrected chi connectivity index (χ2v) is 8.60. The molecule has 2 fully saturated rings. The number of carbonyl (C=O) groups is 2. The van der Waals surface area contributed by atoms with Crippen molar-refractivity contribution >= 4 is 11.8 Å².